The van der Waals surface area contributed by atoms with E-state index in [9.17, 15) is 9.59 Å². The third-order valence-corrected chi connectivity index (χ3v) is 7.59. The summed E-state index contributed by atoms with van der Waals surface area (Å²) < 4.78 is 12.7. The first-order chi connectivity index (χ1) is 20.9. The van der Waals surface area contributed by atoms with E-state index in [1.807, 2.05) is 53.2 Å². The lowest BCUT2D eigenvalue weighted by Crippen LogP contribution is -2.45. The fourth-order valence-corrected chi connectivity index (χ4v) is 5.05. The zero-order valence-electron chi connectivity index (χ0n) is 25.0. The Kier molecular flexibility index (Phi) is 9.86. The molecule has 1 aliphatic rings. The van der Waals surface area contributed by atoms with Gasteiger partial charge < -0.3 is 14.4 Å². The molecule has 0 spiro atoms. The second-order valence-electron chi connectivity index (χ2n) is 10.9. The third-order valence-electron chi connectivity index (χ3n) is 7.59. The highest BCUT2D eigenvalue weighted by Crippen LogP contribution is 2.26. The van der Waals surface area contributed by atoms with Gasteiger partial charge in [-0.15, -0.1) is 0 Å². The topological polar surface area (TPSA) is 88.9 Å². The molecule has 1 fully saturated rings. The molecule has 0 unspecified atom stereocenters. The quantitative estimate of drug-likeness (QED) is 0.266. The minimum Gasteiger partial charge on any atom is -0.497 e. The number of rotatable bonds is 11. The van der Waals surface area contributed by atoms with Gasteiger partial charge in [-0.05, 0) is 41.8 Å². The molecule has 43 heavy (non-hydrogen) atoms. The van der Waals surface area contributed by atoms with Crippen molar-refractivity contribution < 1.29 is 19.1 Å². The highest BCUT2D eigenvalue weighted by Gasteiger charge is 2.23. The van der Waals surface area contributed by atoms with E-state index in [2.05, 4.69) is 36.2 Å². The first kappa shape index (κ1) is 30.0. The number of hydrogen-bond acceptors (Lipinski definition) is 6. The van der Waals surface area contributed by atoms with Gasteiger partial charge in [-0.3, -0.25) is 24.4 Å². The van der Waals surface area contributed by atoms with Crippen LogP contribution >= 0.6 is 0 Å². The van der Waals surface area contributed by atoms with Gasteiger partial charge >= 0.3 is 0 Å². The molecule has 5 rings (SSSR count). The Morgan fingerprint density at radius 3 is 2.44 bits per heavy atom. The zero-order valence-corrected chi connectivity index (χ0v) is 25.0. The average Bonchev–Trinajstić information content (AvgIpc) is 3.47. The number of imidazole rings is 1. The molecule has 1 N–H and O–H groups in total. The van der Waals surface area contributed by atoms with Crippen molar-refractivity contribution in [2.75, 3.05) is 58.4 Å². The molecule has 1 saturated heterocycles. The van der Waals surface area contributed by atoms with Gasteiger partial charge in [-0.2, -0.15) is 0 Å². The lowest BCUT2D eigenvalue weighted by atomic mass is 10.0. The minimum absolute atomic E-state index is 0.125. The van der Waals surface area contributed by atoms with Crippen molar-refractivity contribution in [3.8, 4) is 22.7 Å². The van der Waals surface area contributed by atoms with Crippen LogP contribution < -0.4 is 10.1 Å². The summed E-state index contributed by atoms with van der Waals surface area (Å²) in [5.41, 5.74) is 4.25. The average molecular weight is 582 g/mol. The minimum atomic E-state index is -0.330. The molecule has 0 aliphatic carbocycles. The van der Waals surface area contributed by atoms with Crippen molar-refractivity contribution in [2.45, 2.75) is 19.8 Å². The summed E-state index contributed by atoms with van der Waals surface area (Å²) in [5, 5.41) is 2.99. The van der Waals surface area contributed by atoms with Gasteiger partial charge in [0.2, 0.25) is 11.9 Å². The van der Waals surface area contributed by atoms with E-state index in [-0.39, 0.29) is 18.4 Å². The molecule has 1 aromatic heterocycles. The summed E-state index contributed by atoms with van der Waals surface area (Å²) >= 11 is 0. The van der Waals surface area contributed by atoms with Crippen LogP contribution in [0.2, 0.25) is 0 Å². The van der Waals surface area contributed by atoms with Crippen molar-refractivity contribution in [1.29, 1.82) is 0 Å². The number of amides is 2. The molecule has 4 aromatic rings. The maximum Gasteiger partial charge on any atom is 0.254 e. The van der Waals surface area contributed by atoms with E-state index in [0.29, 0.717) is 49.5 Å². The molecule has 9 heteroatoms. The number of morpholine rings is 1. The number of benzene rings is 3. The first-order valence-corrected chi connectivity index (χ1v) is 14.7. The van der Waals surface area contributed by atoms with E-state index >= 15 is 0 Å². The first-order valence-electron chi connectivity index (χ1n) is 14.7. The summed E-state index contributed by atoms with van der Waals surface area (Å²) in [4.78, 5) is 35.9. The summed E-state index contributed by atoms with van der Waals surface area (Å²) in [5.74, 6) is 0.815. The van der Waals surface area contributed by atoms with Crippen LogP contribution in [0.1, 0.15) is 35.7 Å². The Bertz CT molecular complexity index is 1510. The standard InChI is InChI=1S/C34H39N5O4/c1-25(2)26-12-14-29(15-13-26)39-23-31(27-8-5-4-6-9-27)35-34(39)36-32(40)24-38(17-16-37-18-20-43-21-19-37)33(41)28-10-7-11-30(22-28)42-3/h4-15,22-23,25H,16-21,24H2,1-3H3,(H,35,36,40). The van der Waals surface area contributed by atoms with Gasteiger partial charge in [-0.25, -0.2) is 4.98 Å². The normalized spacial score (nSPS) is 13.6. The van der Waals surface area contributed by atoms with Gasteiger partial charge in [0, 0.05) is 49.2 Å². The van der Waals surface area contributed by atoms with E-state index < -0.39 is 0 Å². The summed E-state index contributed by atoms with van der Waals surface area (Å²) in [7, 11) is 1.56. The second kappa shape index (κ2) is 14.1. The summed E-state index contributed by atoms with van der Waals surface area (Å²) in [6.45, 7) is 8.13. The van der Waals surface area contributed by atoms with Gasteiger partial charge in [0.1, 0.15) is 12.3 Å². The molecule has 3 aromatic carbocycles. The predicted molar refractivity (Wildman–Crippen MR) is 168 cm³/mol. The molecule has 2 amide bonds. The van der Waals surface area contributed by atoms with Crippen LogP contribution in [0.15, 0.2) is 85.1 Å². The Labute approximate surface area is 253 Å². The number of nitrogens with zero attached hydrogens (tertiary/aromatic N) is 4. The highest BCUT2D eigenvalue weighted by molar-refractivity contribution is 5.99. The molecule has 9 nitrogen and oxygen atoms in total. The van der Waals surface area contributed by atoms with Crippen LogP contribution in [-0.4, -0.2) is 84.2 Å². The molecule has 224 valence electrons. The Morgan fingerprint density at radius 1 is 1.00 bits per heavy atom. The van der Waals surface area contributed by atoms with Crippen molar-refractivity contribution >= 4 is 17.8 Å². The van der Waals surface area contributed by atoms with Crippen molar-refractivity contribution in [2.24, 2.45) is 0 Å². The molecule has 0 bridgehead atoms. The number of carbonyl (C=O) groups is 2. The lowest BCUT2D eigenvalue weighted by molar-refractivity contribution is -0.117. The van der Waals surface area contributed by atoms with Gasteiger partial charge in [0.25, 0.3) is 5.91 Å². The summed E-state index contributed by atoms with van der Waals surface area (Å²) in [6.07, 6.45) is 1.92. The SMILES string of the molecule is COc1cccc(C(=O)N(CCN2CCOCC2)CC(=O)Nc2nc(-c3ccccc3)cn2-c2ccc(C(C)C)cc2)c1. The number of anilines is 1. The van der Waals surface area contributed by atoms with Crippen LogP contribution in [0.25, 0.3) is 16.9 Å². The van der Waals surface area contributed by atoms with Crippen LogP contribution in [0.4, 0.5) is 5.95 Å². The van der Waals surface area contributed by atoms with Crippen molar-refractivity contribution in [3.63, 3.8) is 0 Å². The monoisotopic (exact) mass is 581 g/mol. The smallest absolute Gasteiger partial charge is 0.254 e. The van der Waals surface area contributed by atoms with Crippen molar-refractivity contribution in [3.05, 3.63) is 96.2 Å². The van der Waals surface area contributed by atoms with E-state index in [1.54, 1.807) is 36.3 Å². The van der Waals surface area contributed by atoms with Crippen LogP contribution in [0.5, 0.6) is 5.75 Å². The second-order valence-corrected chi connectivity index (χ2v) is 10.9. The molecule has 0 saturated carbocycles. The number of carbonyl (C=O) groups excluding carboxylic acids is 2. The van der Waals surface area contributed by atoms with Crippen LogP contribution in [0, 0.1) is 0 Å². The molecule has 0 radical (unpaired) electrons. The molecular weight excluding hydrogens is 542 g/mol. The predicted octanol–water partition coefficient (Wildman–Crippen LogP) is 5.08. The number of aromatic nitrogens is 2. The third kappa shape index (κ3) is 7.68. The fraction of sp³-hybridized carbons (Fsp3) is 0.324. The van der Waals surface area contributed by atoms with Crippen LogP contribution in [0.3, 0.4) is 0 Å². The molecule has 0 atom stereocenters. The highest BCUT2D eigenvalue weighted by atomic mass is 16.5. The van der Waals surface area contributed by atoms with Gasteiger partial charge in [-0.1, -0.05) is 62.4 Å². The van der Waals surface area contributed by atoms with E-state index in [4.69, 9.17) is 14.5 Å². The summed E-state index contributed by atoms with van der Waals surface area (Å²) in [6, 6.07) is 25.1. The zero-order chi connectivity index (χ0) is 30.2. The molecule has 1 aliphatic heterocycles. The maximum atomic E-state index is 13.7. The number of methoxy groups -OCH3 is 1. The van der Waals surface area contributed by atoms with E-state index in [0.717, 1.165) is 30.0 Å². The number of ether oxygens (including phenoxy) is 2. The van der Waals surface area contributed by atoms with E-state index in [1.165, 1.54) is 5.56 Å². The largest absolute Gasteiger partial charge is 0.497 e. The fourth-order valence-electron chi connectivity index (χ4n) is 5.05. The molecule has 2 heterocycles. The van der Waals surface area contributed by atoms with Crippen LogP contribution in [-0.2, 0) is 9.53 Å². The number of hydrogen-bond donors (Lipinski definition) is 1. The lowest BCUT2D eigenvalue weighted by Gasteiger charge is -2.30. The molecular formula is C34H39N5O4. The van der Waals surface area contributed by atoms with Gasteiger partial charge in [0.05, 0.1) is 26.0 Å². The van der Waals surface area contributed by atoms with Gasteiger partial charge in [0.15, 0.2) is 0 Å². The Balaban J connectivity index is 1.39. The maximum absolute atomic E-state index is 13.7. The number of nitrogens with one attached hydrogen (secondary N) is 1. The Hall–Kier alpha value is -4.47. The van der Waals surface area contributed by atoms with Crippen molar-refractivity contribution in [1.82, 2.24) is 19.4 Å². The Morgan fingerprint density at radius 2 is 1.74 bits per heavy atom.